The Hall–Kier alpha value is -0.770. The van der Waals surface area contributed by atoms with Gasteiger partial charge in [0.2, 0.25) is 0 Å². The number of amides is 2. The topological polar surface area (TPSA) is 35.6 Å². The number of rotatable bonds is 8. The van der Waals surface area contributed by atoms with Gasteiger partial charge in [0.1, 0.15) is 0 Å². The van der Waals surface area contributed by atoms with Crippen molar-refractivity contribution in [2.45, 2.75) is 60.0 Å². The van der Waals surface area contributed by atoms with Gasteiger partial charge in [-0.05, 0) is 39.7 Å². The van der Waals surface area contributed by atoms with E-state index in [1.165, 1.54) is 0 Å². The molecule has 1 atom stereocenters. The van der Waals surface area contributed by atoms with Gasteiger partial charge in [0, 0.05) is 32.2 Å². The summed E-state index contributed by atoms with van der Waals surface area (Å²) < 4.78 is 0. The van der Waals surface area contributed by atoms with Crippen molar-refractivity contribution in [1.29, 1.82) is 0 Å². The van der Waals surface area contributed by atoms with Crippen molar-refractivity contribution in [2.24, 2.45) is 5.92 Å². The molecule has 0 rings (SSSR count). The molecule has 0 aliphatic carbocycles. The molecule has 1 N–H and O–H groups in total. The minimum absolute atomic E-state index is 0.0351. The van der Waals surface area contributed by atoms with Crippen LogP contribution in [0.25, 0.3) is 0 Å². The monoisotopic (exact) mass is 271 g/mol. The van der Waals surface area contributed by atoms with E-state index in [4.69, 9.17) is 0 Å². The van der Waals surface area contributed by atoms with Gasteiger partial charge < -0.3 is 10.2 Å². The Morgan fingerprint density at radius 3 is 2.16 bits per heavy atom. The lowest BCUT2D eigenvalue weighted by molar-refractivity contribution is 0.182. The fourth-order valence-corrected chi connectivity index (χ4v) is 2.25. The van der Waals surface area contributed by atoms with Crippen LogP contribution in [-0.4, -0.2) is 54.6 Å². The summed E-state index contributed by atoms with van der Waals surface area (Å²) in [5.41, 5.74) is 0. The molecule has 114 valence electrons. The molecule has 0 aromatic carbocycles. The Kier molecular flexibility index (Phi) is 8.81. The van der Waals surface area contributed by atoms with Crippen LogP contribution in [0.2, 0.25) is 0 Å². The highest BCUT2D eigenvalue weighted by Crippen LogP contribution is 2.09. The molecule has 0 unspecified atom stereocenters. The van der Waals surface area contributed by atoms with E-state index in [1.54, 1.807) is 0 Å². The van der Waals surface area contributed by atoms with Gasteiger partial charge in [-0.1, -0.05) is 20.8 Å². The quantitative estimate of drug-likeness (QED) is 0.737. The third kappa shape index (κ3) is 7.41. The van der Waals surface area contributed by atoms with Gasteiger partial charge in [0.05, 0.1) is 0 Å². The summed E-state index contributed by atoms with van der Waals surface area (Å²) in [7, 11) is 1.88. The Labute approximate surface area is 119 Å². The van der Waals surface area contributed by atoms with Crippen molar-refractivity contribution in [3.05, 3.63) is 0 Å². The molecule has 4 nitrogen and oxygen atoms in total. The van der Waals surface area contributed by atoms with Crippen LogP contribution >= 0.6 is 0 Å². The van der Waals surface area contributed by atoms with Crippen LogP contribution in [0.5, 0.6) is 0 Å². The van der Waals surface area contributed by atoms with Gasteiger partial charge in [-0.3, -0.25) is 4.90 Å². The molecule has 0 saturated heterocycles. The number of carbonyl (C=O) groups excluding carboxylic acids is 1. The lowest BCUT2D eigenvalue weighted by Gasteiger charge is -2.28. The lowest BCUT2D eigenvalue weighted by Crippen LogP contribution is -2.45. The zero-order chi connectivity index (χ0) is 15.0. The number of nitrogens with zero attached hydrogens (tertiary/aromatic N) is 2. The molecule has 0 saturated carbocycles. The first-order valence-corrected chi connectivity index (χ1v) is 7.54. The van der Waals surface area contributed by atoms with Crippen molar-refractivity contribution in [3.8, 4) is 0 Å². The van der Waals surface area contributed by atoms with Gasteiger partial charge in [-0.2, -0.15) is 0 Å². The molecule has 0 radical (unpaired) electrons. The zero-order valence-electron chi connectivity index (χ0n) is 13.9. The van der Waals surface area contributed by atoms with Crippen LogP contribution in [-0.2, 0) is 0 Å². The summed E-state index contributed by atoms with van der Waals surface area (Å²) in [5, 5.41) is 3.00. The van der Waals surface area contributed by atoms with Gasteiger partial charge >= 0.3 is 6.03 Å². The maximum absolute atomic E-state index is 12.0. The fourth-order valence-electron chi connectivity index (χ4n) is 2.25. The molecule has 4 heteroatoms. The van der Waals surface area contributed by atoms with Gasteiger partial charge in [0.15, 0.2) is 0 Å². The first-order valence-electron chi connectivity index (χ1n) is 7.54. The summed E-state index contributed by atoms with van der Waals surface area (Å²) in [4.78, 5) is 16.2. The van der Waals surface area contributed by atoms with E-state index in [2.05, 4.69) is 51.8 Å². The van der Waals surface area contributed by atoms with E-state index >= 15 is 0 Å². The normalized spacial score (nSPS) is 13.2. The second kappa shape index (κ2) is 9.18. The Bertz CT molecular complexity index is 254. The van der Waals surface area contributed by atoms with Crippen molar-refractivity contribution >= 4 is 6.03 Å². The summed E-state index contributed by atoms with van der Waals surface area (Å²) in [6, 6.07) is 0.847. The van der Waals surface area contributed by atoms with Crippen LogP contribution in [0.15, 0.2) is 0 Å². The third-order valence-electron chi connectivity index (χ3n) is 3.61. The summed E-state index contributed by atoms with van der Waals surface area (Å²) in [6.07, 6.45) is 1.04. The van der Waals surface area contributed by atoms with Gasteiger partial charge in [0.25, 0.3) is 0 Å². The number of nitrogens with one attached hydrogen (secondary N) is 1. The zero-order valence-corrected chi connectivity index (χ0v) is 13.9. The second-order valence-corrected chi connectivity index (χ2v) is 6.04. The van der Waals surface area contributed by atoms with Crippen LogP contribution in [0, 0.1) is 5.92 Å². The molecule has 0 aromatic heterocycles. The molecular weight excluding hydrogens is 238 g/mol. The molecule has 0 aromatic rings. The van der Waals surface area contributed by atoms with Crippen LogP contribution in [0.1, 0.15) is 48.0 Å². The van der Waals surface area contributed by atoms with Crippen LogP contribution < -0.4 is 5.32 Å². The molecule has 2 amide bonds. The maximum atomic E-state index is 12.0. The summed E-state index contributed by atoms with van der Waals surface area (Å²) in [5.74, 6) is 0.613. The van der Waals surface area contributed by atoms with Crippen molar-refractivity contribution in [1.82, 2.24) is 15.1 Å². The number of urea groups is 1. The van der Waals surface area contributed by atoms with Crippen molar-refractivity contribution in [2.75, 3.05) is 26.7 Å². The summed E-state index contributed by atoms with van der Waals surface area (Å²) >= 11 is 0. The second-order valence-electron chi connectivity index (χ2n) is 6.04. The lowest BCUT2D eigenvalue weighted by atomic mass is 10.0. The molecule has 0 bridgehead atoms. The van der Waals surface area contributed by atoms with Gasteiger partial charge in [-0.15, -0.1) is 0 Å². The number of hydrogen-bond acceptors (Lipinski definition) is 2. The highest BCUT2D eigenvalue weighted by atomic mass is 16.2. The van der Waals surface area contributed by atoms with E-state index in [0.717, 1.165) is 19.5 Å². The summed E-state index contributed by atoms with van der Waals surface area (Å²) in [6.45, 7) is 15.6. The molecule has 0 aliphatic heterocycles. The Morgan fingerprint density at radius 1 is 1.16 bits per heavy atom. The molecule has 0 heterocycles. The van der Waals surface area contributed by atoms with E-state index in [0.29, 0.717) is 18.5 Å². The molecule has 0 spiro atoms. The third-order valence-corrected chi connectivity index (χ3v) is 3.61. The molecule has 0 fully saturated rings. The highest BCUT2D eigenvalue weighted by Gasteiger charge is 2.16. The smallest absolute Gasteiger partial charge is 0.317 e. The van der Waals surface area contributed by atoms with Crippen molar-refractivity contribution in [3.63, 3.8) is 0 Å². The van der Waals surface area contributed by atoms with Gasteiger partial charge in [-0.25, -0.2) is 4.79 Å². The molecule has 0 aliphatic rings. The Morgan fingerprint density at radius 2 is 1.74 bits per heavy atom. The van der Waals surface area contributed by atoms with Crippen LogP contribution in [0.3, 0.4) is 0 Å². The number of likely N-dealkylation sites (N-methyl/N-ethyl adjacent to an activating group) is 1. The first kappa shape index (κ1) is 18.2. The Balaban J connectivity index is 4.03. The fraction of sp³-hybridized carbons (Fsp3) is 0.933. The highest BCUT2D eigenvalue weighted by molar-refractivity contribution is 5.74. The maximum Gasteiger partial charge on any atom is 0.317 e. The minimum Gasteiger partial charge on any atom is -0.337 e. The molecule has 19 heavy (non-hydrogen) atoms. The van der Waals surface area contributed by atoms with E-state index < -0.39 is 0 Å². The number of carbonyl (C=O) groups is 1. The van der Waals surface area contributed by atoms with Crippen LogP contribution in [0.4, 0.5) is 4.79 Å². The minimum atomic E-state index is 0.0351. The van der Waals surface area contributed by atoms with E-state index in [-0.39, 0.29) is 12.1 Å². The van der Waals surface area contributed by atoms with E-state index in [1.807, 2.05) is 11.9 Å². The SMILES string of the molecule is CCN(CCNC(=O)N(C)[C@H](C)CC(C)C)C(C)C. The standard InChI is InChI=1S/C15H33N3O/c1-8-18(13(4)5)10-9-16-15(19)17(7)14(6)11-12(2)3/h12-14H,8-11H2,1-7H3,(H,16,19)/t14-/m1/s1. The average molecular weight is 271 g/mol. The first-order chi connectivity index (χ1) is 8.79. The largest absolute Gasteiger partial charge is 0.337 e. The van der Waals surface area contributed by atoms with E-state index in [9.17, 15) is 4.79 Å². The van der Waals surface area contributed by atoms with Crippen molar-refractivity contribution < 1.29 is 4.79 Å². The predicted octanol–water partition coefficient (Wildman–Crippen LogP) is 2.79. The average Bonchev–Trinajstić information content (AvgIpc) is 2.31. The predicted molar refractivity (Wildman–Crippen MR) is 82.5 cm³/mol. The molecular formula is C15H33N3O. The number of hydrogen-bond donors (Lipinski definition) is 1.